The maximum atomic E-state index is 9.87. The fourth-order valence-electron chi connectivity index (χ4n) is 3.01. The molecule has 5 nitrogen and oxygen atoms in total. The van der Waals surface area contributed by atoms with Crippen LogP contribution < -0.4 is 15.8 Å². The second-order valence-electron chi connectivity index (χ2n) is 6.05. The molecule has 2 aromatic rings. The molecule has 0 heterocycles. The van der Waals surface area contributed by atoms with Gasteiger partial charge in [-0.05, 0) is 36.2 Å². The van der Waals surface area contributed by atoms with Gasteiger partial charge in [0.05, 0.1) is 31.6 Å². The van der Waals surface area contributed by atoms with E-state index in [2.05, 4.69) is 10.3 Å². The Kier molecular flexibility index (Phi) is 4.83. The van der Waals surface area contributed by atoms with Crippen LogP contribution >= 0.6 is 0 Å². The fraction of sp³-hybridized carbons (Fsp3) is 0.316. The number of ether oxygens (including phenoxy) is 1. The number of nitrogens with zero attached hydrogens (tertiary/aromatic N) is 1. The summed E-state index contributed by atoms with van der Waals surface area (Å²) in [4.78, 5) is 4.57. The third-order valence-electron chi connectivity index (χ3n) is 4.35. The van der Waals surface area contributed by atoms with E-state index in [1.165, 1.54) is 0 Å². The van der Waals surface area contributed by atoms with Crippen molar-refractivity contribution in [2.45, 2.75) is 32.0 Å². The largest absolute Gasteiger partial charge is 0.496 e. The first kappa shape index (κ1) is 16.5. The normalized spacial score (nSPS) is 19.9. The summed E-state index contributed by atoms with van der Waals surface area (Å²) >= 11 is 0. The number of hydrogen-bond acceptors (Lipinski definition) is 4. The summed E-state index contributed by atoms with van der Waals surface area (Å²) in [6, 6.07) is 13.5. The molecular formula is C19H23N3O2. The molecule has 0 spiro atoms. The summed E-state index contributed by atoms with van der Waals surface area (Å²) in [5.41, 5.74) is 10.1. The number of amidine groups is 1. The fourth-order valence-corrected chi connectivity index (χ4v) is 3.01. The van der Waals surface area contributed by atoms with Crippen LogP contribution in [-0.4, -0.2) is 24.2 Å². The highest BCUT2D eigenvalue weighted by atomic mass is 16.5. The minimum Gasteiger partial charge on any atom is -0.496 e. The number of aliphatic imine (C=N–C) groups is 1. The molecule has 0 amide bonds. The minimum atomic E-state index is -0.490. The van der Waals surface area contributed by atoms with E-state index in [0.29, 0.717) is 13.0 Å². The molecule has 126 valence electrons. The molecular weight excluding hydrogens is 302 g/mol. The van der Waals surface area contributed by atoms with Crippen molar-refractivity contribution < 1.29 is 9.84 Å². The van der Waals surface area contributed by atoms with Gasteiger partial charge >= 0.3 is 0 Å². The topological polar surface area (TPSA) is 79.9 Å². The predicted molar refractivity (Wildman–Crippen MR) is 96.5 cm³/mol. The first-order valence-corrected chi connectivity index (χ1v) is 8.05. The Balaban J connectivity index is 1.70. The number of anilines is 1. The van der Waals surface area contributed by atoms with Gasteiger partial charge in [0.15, 0.2) is 0 Å². The summed E-state index contributed by atoms with van der Waals surface area (Å²) in [7, 11) is 1.66. The van der Waals surface area contributed by atoms with Crippen LogP contribution in [0.1, 0.15) is 29.7 Å². The SMILES string of the molecule is COc1ccccc1CN=C(C)Nc1ccc2c(c1)[C@@H](N)[C@H](O)C2. The van der Waals surface area contributed by atoms with Crippen LogP contribution in [0.4, 0.5) is 5.69 Å². The summed E-state index contributed by atoms with van der Waals surface area (Å²) < 4.78 is 5.34. The standard InChI is InChI=1S/C19H23N3O2/c1-12(21-11-14-5-3-4-6-18(14)24-2)22-15-8-7-13-9-17(23)19(20)16(13)10-15/h3-8,10,17,19,23H,9,11,20H2,1-2H3,(H,21,22)/t17-,19-/m1/s1. The molecule has 0 aromatic heterocycles. The van der Waals surface area contributed by atoms with Crippen LogP contribution in [0.15, 0.2) is 47.5 Å². The maximum Gasteiger partial charge on any atom is 0.123 e. The average molecular weight is 325 g/mol. The van der Waals surface area contributed by atoms with Crippen molar-refractivity contribution in [1.82, 2.24) is 0 Å². The number of para-hydroxylation sites is 1. The lowest BCUT2D eigenvalue weighted by molar-refractivity contribution is 0.158. The number of rotatable bonds is 4. The number of hydrogen-bond donors (Lipinski definition) is 3. The highest BCUT2D eigenvalue weighted by molar-refractivity contribution is 5.93. The van der Waals surface area contributed by atoms with Gasteiger partial charge in [-0.2, -0.15) is 0 Å². The van der Waals surface area contributed by atoms with Crippen molar-refractivity contribution in [2.24, 2.45) is 10.7 Å². The van der Waals surface area contributed by atoms with Crippen molar-refractivity contribution in [3.8, 4) is 5.75 Å². The van der Waals surface area contributed by atoms with Gasteiger partial charge in [0.25, 0.3) is 0 Å². The van der Waals surface area contributed by atoms with E-state index in [1.54, 1.807) is 7.11 Å². The second kappa shape index (κ2) is 7.03. The third-order valence-corrected chi connectivity index (χ3v) is 4.35. The van der Waals surface area contributed by atoms with Crippen LogP contribution in [0.3, 0.4) is 0 Å². The number of aliphatic hydroxyl groups excluding tert-OH is 1. The quantitative estimate of drug-likeness (QED) is 0.596. The lowest BCUT2D eigenvalue weighted by Crippen LogP contribution is -2.21. The molecule has 24 heavy (non-hydrogen) atoms. The Bertz CT molecular complexity index is 758. The van der Waals surface area contributed by atoms with Gasteiger partial charge in [-0.25, -0.2) is 0 Å². The average Bonchev–Trinajstić information content (AvgIpc) is 2.88. The van der Waals surface area contributed by atoms with Crippen LogP contribution in [0, 0.1) is 0 Å². The van der Waals surface area contributed by atoms with Gasteiger partial charge < -0.3 is 20.9 Å². The Labute approximate surface area is 142 Å². The molecule has 3 rings (SSSR count). The molecule has 0 radical (unpaired) electrons. The van der Waals surface area contributed by atoms with Crippen molar-refractivity contribution in [2.75, 3.05) is 12.4 Å². The lowest BCUT2D eigenvalue weighted by atomic mass is 10.1. The summed E-state index contributed by atoms with van der Waals surface area (Å²) in [5, 5.41) is 13.2. The zero-order valence-electron chi connectivity index (χ0n) is 14.0. The molecule has 1 aliphatic carbocycles. The molecule has 0 bridgehead atoms. The number of fused-ring (bicyclic) bond motifs is 1. The second-order valence-corrected chi connectivity index (χ2v) is 6.05. The molecule has 0 saturated carbocycles. The number of nitrogens with one attached hydrogen (secondary N) is 1. The Morgan fingerprint density at radius 2 is 2.12 bits per heavy atom. The van der Waals surface area contributed by atoms with Crippen molar-refractivity contribution in [1.29, 1.82) is 0 Å². The lowest BCUT2D eigenvalue weighted by Gasteiger charge is -2.12. The van der Waals surface area contributed by atoms with E-state index in [1.807, 2.05) is 49.4 Å². The zero-order valence-corrected chi connectivity index (χ0v) is 14.0. The third kappa shape index (κ3) is 3.42. The number of methoxy groups -OCH3 is 1. The van der Waals surface area contributed by atoms with E-state index in [-0.39, 0.29) is 6.04 Å². The monoisotopic (exact) mass is 325 g/mol. The number of benzene rings is 2. The van der Waals surface area contributed by atoms with E-state index >= 15 is 0 Å². The zero-order chi connectivity index (χ0) is 17.1. The highest BCUT2D eigenvalue weighted by Crippen LogP contribution is 2.31. The molecule has 0 aliphatic heterocycles. The number of nitrogens with two attached hydrogens (primary N) is 1. The van der Waals surface area contributed by atoms with Crippen molar-refractivity contribution >= 4 is 11.5 Å². The molecule has 2 aromatic carbocycles. The molecule has 1 aliphatic rings. The van der Waals surface area contributed by atoms with Gasteiger partial charge in [0, 0.05) is 17.7 Å². The van der Waals surface area contributed by atoms with E-state index < -0.39 is 6.10 Å². The van der Waals surface area contributed by atoms with Crippen LogP contribution in [0.25, 0.3) is 0 Å². The minimum absolute atomic E-state index is 0.312. The molecule has 4 N–H and O–H groups in total. The van der Waals surface area contributed by atoms with Gasteiger partial charge in [-0.15, -0.1) is 0 Å². The van der Waals surface area contributed by atoms with Gasteiger partial charge in [0.2, 0.25) is 0 Å². The molecule has 0 unspecified atom stereocenters. The smallest absolute Gasteiger partial charge is 0.123 e. The first-order chi connectivity index (χ1) is 11.6. The maximum absolute atomic E-state index is 9.87. The van der Waals surface area contributed by atoms with E-state index in [9.17, 15) is 5.11 Å². The van der Waals surface area contributed by atoms with Gasteiger partial charge in [-0.3, -0.25) is 4.99 Å². The Morgan fingerprint density at radius 3 is 2.92 bits per heavy atom. The van der Waals surface area contributed by atoms with Crippen molar-refractivity contribution in [3.05, 3.63) is 59.2 Å². The summed E-state index contributed by atoms with van der Waals surface area (Å²) in [5.74, 6) is 1.65. The summed E-state index contributed by atoms with van der Waals surface area (Å²) in [6.07, 6.45) is 0.132. The molecule has 0 fully saturated rings. The van der Waals surface area contributed by atoms with E-state index in [0.717, 1.165) is 34.0 Å². The van der Waals surface area contributed by atoms with Crippen LogP contribution in [-0.2, 0) is 13.0 Å². The van der Waals surface area contributed by atoms with Crippen molar-refractivity contribution in [3.63, 3.8) is 0 Å². The van der Waals surface area contributed by atoms with Crippen LogP contribution in [0.2, 0.25) is 0 Å². The predicted octanol–water partition coefficient (Wildman–Crippen LogP) is 2.64. The first-order valence-electron chi connectivity index (χ1n) is 8.05. The Morgan fingerprint density at radius 1 is 1.33 bits per heavy atom. The number of aliphatic hydroxyl groups is 1. The molecule has 5 heteroatoms. The van der Waals surface area contributed by atoms with Gasteiger partial charge in [0.1, 0.15) is 5.75 Å². The Hall–Kier alpha value is -2.37. The highest BCUT2D eigenvalue weighted by Gasteiger charge is 2.27. The van der Waals surface area contributed by atoms with Crippen LogP contribution in [0.5, 0.6) is 5.75 Å². The van der Waals surface area contributed by atoms with E-state index in [4.69, 9.17) is 10.5 Å². The summed E-state index contributed by atoms with van der Waals surface area (Å²) in [6.45, 7) is 2.48. The molecule has 2 atom stereocenters. The van der Waals surface area contributed by atoms with Gasteiger partial charge in [-0.1, -0.05) is 24.3 Å². The molecule has 0 saturated heterocycles.